The van der Waals surface area contributed by atoms with E-state index in [2.05, 4.69) is 15.3 Å². The summed E-state index contributed by atoms with van der Waals surface area (Å²) in [5.41, 5.74) is -0.0112. The summed E-state index contributed by atoms with van der Waals surface area (Å²) in [5.74, 6) is 0.623. The molecule has 1 aliphatic heterocycles. The molecule has 1 saturated heterocycles. The van der Waals surface area contributed by atoms with Gasteiger partial charge in [0.05, 0.1) is 6.61 Å². The van der Waals surface area contributed by atoms with Crippen molar-refractivity contribution in [2.75, 3.05) is 25.1 Å². The molecule has 0 radical (unpaired) electrons. The number of nitrogens with zero attached hydrogens (tertiary/aromatic N) is 2. The molecule has 2 rings (SSSR count). The minimum Gasteiger partial charge on any atom is -0.386 e. The number of aromatic nitrogens is 2. The highest BCUT2D eigenvalue weighted by Gasteiger charge is 2.31. The number of aryl methyl sites for hydroxylation is 1. The molecule has 1 atom stereocenters. The van der Waals surface area contributed by atoms with Crippen LogP contribution in [0.1, 0.15) is 12.1 Å². The lowest BCUT2D eigenvalue weighted by molar-refractivity contribution is 0.0381. The van der Waals surface area contributed by atoms with Gasteiger partial charge in [-0.3, -0.25) is 0 Å². The number of ether oxygens (including phenoxy) is 1. The second kappa shape index (κ2) is 4.53. The fourth-order valence-corrected chi connectivity index (χ4v) is 1.84. The van der Waals surface area contributed by atoms with Crippen molar-refractivity contribution in [3.8, 4) is 0 Å². The van der Waals surface area contributed by atoms with Crippen LogP contribution in [0.25, 0.3) is 0 Å². The molecule has 0 amide bonds. The molecule has 0 saturated carbocycles. The molecule has 6 heteroatoms. The van der Waals surface area contributed by atoms with Crippen molar-refractivity contribution < 1.29 is 9.84 Å². The van der Waals surface area contributed by atoms with Gasteiger partial charge < -0.3 is 15.2 Å². The first-order chi connectivity index (χ1) is 7.57. The molecular weight excluding hydrogens is 230 g/mol. The number of rotatable bonds is 3. The maximum atomic E-state index is 10.0. The van der Waals surface area contributed by atoms with Gasteiger partial charge >= 0.3 is 0 Å². The second-order valence-corrected chi connectivity index (χ2v) is 4.38. The number of hydrogen-bond donors (Lipinski definition) is 2. The third kappa shape index (κ3) is 2.81. The molecule has 2 heterocycles. The molecule has 1 fully saturated rings. The van der Waals surface area contributed by atoms with E-state index in [4.69, 9.17) is 16.3 Å². The average Bonchev–Trinajstić information content (AvgIpc) is 2.62. The normalized spacial score (nSPS) is 24.7. The largest absolute Gasteiger partial charge is 0.386 e. The van der Waals surface area contributed by atoms with Crippen LogP contribution in [0.3, 0.4) is 0 Å². The van der Waals surface area contributed by atoms with Crippen LogP contribution in [0.5, 0.6) is 0 Å². The van der Waals surface area contributed by atoms with Gasteiger partial charge in [-0.05, 0) is 18.5 Å². The summed E-state index contributed by atoms with van der Waals surface area (Å²) in [5, 5.41) is 13.3. The first kappa shape index (κ1) is 11.6. The van der Waals surface area contributed by atoms with Crippen molar-refractivity contribution in [1.29, 1.82) is 0 Å². The standard InChI is InChI=1S/C10H14ClN3O2/c1-7-4-8(14-9(11)13-7)12-5-10(15)2-3-16-6-10/h4,15H,2-3,5-6H2,1H3,(H,12,13,14). The summed E-state index contributed by atoms with van der Waals surface area (Å²) in [7, 11) is 0. The summed E-state index contributed by atoms with van der Waals surface area (Å²) >= 11 is 5.73. The maximum absolute atomic E-state index is 10.0. The quantitative estimate of drug-likeness (QED) is 0.776. The van der Waals surface area contributed by atoms with Crippen LogP contribution in [0, 0.1) is 6.92 Å². The van der Waals surface area contributed by atoms with Gasteiger partial charge in [-0.15, -0.1) is 0 Å². The van der Waals surface area contributed by atoms with E-state index >= 15 is 0 Å². The van der Waals surface area contributed by atoms with Crippen LogP contribution in [-0.4, -0.2) is 40.4 Å². The Balaban J connectivity index is 1.98. The Hall–Kier alpha value is -0.910. The molecule has 1 unspecified atom stereocenters. The van der Waals surface area contributed by atoms with Crippen molar-refractivity contribution in [1.82, 2.24) is 9.97 Å². The fourth-order valence-electron chi connectivity index (χ4n) is 1.61. The number of nitrogens with one attached hydrogen (secondary N) is 1. The summed E-state index contributed by atoms with van der Waals surface area (Å²) in [4.78, 5) is 7.98. The summed E-state index contributed by atoms with van der Waals surface area (Å²) in [6, 6.07) is 1.78. The van der Waals surface area contributed by atoms with Gasteiger partial charge in [-0.2, -0.15) is 0 Å². The third-order valence-electron chi connectivity index (χ3n) is 2.51. The lowest BCUT2D eigenvalue weighted by Gasteiger charge is -2.20. The Kier molecular flexibility index (Phi) is 3.28. The first-order valence-corrected chi connectivity index (χ1v) is 5.50. The maximum Gasteiger partial charge on any atom is 0.224 e. The molecule has 0 spiro atoms. The predicted molar refractivity (Wildman–Crippen MR) is 60.7 cm³/mol. The topological polar surface area (TPSA) is 67.3 Å². The van der Waals surface area contributed by atoms with E-state index in [1.165, 1.54) is 0 Å². The molecule has 1 aliphatic rings. The second-order valence-electron chi connectivity index (χ2n) is 4.04. The Morgan fingerprint density at radius 2 is 2.44 bits per heavy atom. The molecule has 2 N–H and O–H groups in total. The fraction of sp³-hybridized carbons (Fsp3) is 0.600. The van der Waals surface area contributed by atoms with Crippen LogP contribution >= 0.6 is 11.6 Å². The summed E-state index contributed by atoms with van der Waals surface area (Å²) in [6.45, 7) is 3.20. The van der Waals surface area contributed by atoms with Crippen LogP contribution in [0.4, 0.5) is 5.82 Å². The van der Waals surface area contributed by atoms with Gasteiger partial charge in [0.15, 0.2) is 0 Å². The minimum absolute atomic E-state index is 0.206. The Morgan fingerprint density at radius 1 is 1.62 bits per heavy atom. The highest BCUT2D eigenvalue weighted by molar-refractivity contribution is 6.28. The SMILES string of the molecule is Cc1cc(NCC2(O)CCOC2)nc(Cl)n1. The summed E-state index contributed by atoms with van der Waals surface area (Å²) < 4.78 is 5.15. The molecule has 88 valence electrons. The van der Waals surface area contributed by atoms with Crippen molar-refractivity contribution in [3.63, 3.8) is 0 Å². The van der Waals surface area contributed by atoms with Gasteiger partial charge in [-0.25, -0.2) is 9.97 Å². The zero-order valence-corrected chi connectivity index (χ0v) is 9.79. The van der Waals surface area contributed by atoms with Crippen molar-refractivity contribution >= 4 is 17.4 Å². The Labute approximate surface area is 98.8 Å². The highest BCUT2D eigenvalue weighted by atomic mass is 35.5. The van der Waals surface area contributed by atoms with Crippen LogP contribution in [0.15, 0.2) is 6.07 Å². The van der Waals surface area contributed by atoms with Crippen molar-refractivity contribution in [2.45, 2.75) is 18.9 Å². The average molecular weight is 244 g/mol. The molecule has 1 aromatic rings. The molecule has 0 aliphatic carbocycles. The van der Waals surface area contributed by atoms with Crippen LogP contribution in [-0.2, 0) is 4.74 Å². The molecule has 0 aromatic carbocycles. The van der Waals surface area contributed by atoms with Gasteiger partial charge in [0.25, 0.3) is 0 Å². The van der Waals surface area contributed by atoms with E-state index in [0.717, 1.165) is 5.69 Å². The van der Waals surface area contributed by atoms with E-state index in [-0.39, 0.29) is 5.28 Å². The van der Waals surface area contributed by atoms with E-state index in [1.807, 2.05) is 6.92 Å². The molecule has 1 aromatic heterocycles. The van der Waals surface area contributed by atoms with Crippen LogP contribution < -0.4 is 5.32 Å². The molecule has 16 heavy (non-hydrogen) atoms. The minimum atomic E-state index is -0.800. The van der Waals surface area contributed by atoms with E-state index in [9.17, 15) is 5.11 Å². The van der Waals surface area contributed by atoms with Crippen molar-refractivity contribution in [2.24, 2.45) is 0 Å². The molecule has 0 bridgehead atoms. The highest BCUT2D eigenvalue weighted by Crippen LogP contribution is 2.19. The Bertz CT molecular complexity index is 360. The number of halogens is 1. The van der Waals surface area contributed by atoms with Crippen LogP contribution in [0.2, 0.25) is 5.28 Å². The Morgan fingerprint density at radius 3 is 3.06 bits per heavy atom. The number of anilines is 1. The smallest absolute Gasteiger partial charge is 0.224 e. The van der Waals surface area contributed by atoms with Gasteiger partial charge in [-0.1, -0.05) is 0 Å². The lowest BCUT2D eigenvalue weighted by atomic mass is 10.0. The lowest BCUT2D eigenvalue weighted by Crippen LogP contribution is -2.37. The molecule has 5 nitrogen and oxygen atoms in total. The zero-order valence-electron chi connectivity index (χ0n) is 9.03. The van der Waals surface area contributed by atoms with E-state index in [0.29, 0.717) is 32.0 Å². The van der Waals surface area contributed by atoms with Gasteiger partial charge in [0, 0.05) is 31.3 Å². The number of hydrogen-bond acceptors (Lipinski definition) is 5. The van der Waals surface area contributed by atoms with E-state index in [1.54, 1.807) is 6.07 Å². The molecular formula is C10H14ClN3O2. The first-order valence-electron chi connectivity index (χ1n) is 5.13. The monoisotopic (exact) mass is 243 g/mol. The zero-order chi connectivity index (χ0) is 11.6. The predicted octanol–water partition coefficient (Wildman–Crippen LogP) is 1.00. The van der Waals surface area contributed by atoms with Gasteiger partial charge in [0.2, 0.25) is 5.28 Å². The summed E-state index contributed by atoms with van der Waals surface area (Å²) in [6.07, 6.45) is 0.637. The van der Waals surface area contributed by atoms with Gasteiger partial charge in [0.1, 0.15) is 11.4 Å². The number of aliphatic hydroxyl groups is 1. The van der Waals surface area contributed by atoms with Crippen molar-refractivity contribution in [3.05, 3.63) is 17.0 Å². The van der Waals surface area contributed by atoms with E-state index < -0.39 is 5.60 Å². The third-order valence-corrected chi connectivity index (χ3v) is 2.68.